The molecule has 0 aromatic heterocycles. The van der Waals surface area contributed by atoms with E-state index >= 15 is 0 Å². The molecule has 1 N–H and O–H groups in total. The molecule has 0 saturated heterocycles. The maximum atomic E-state index is 12.2. The van der Waals surface area contributed by atoms with E-state index in [2.05, 4.69) is 27.7 Å². The minimum absolute atomic E-state index is 0. The molecule has 1 radical (unpaired) electrons. The number of carbonyl (C=O) groups excluding carboxylic acids is 2. The first-order valence-corrected chi connectivity index (χ1v) is 16.8. The van der Waals surface area contributed by atoms with Gasteiger partial charge in [-0.25, -0.2) is 0 Å². The van der Waals surface area contributed by atoms with E-state index in [1.807, 2.05) is 0 Å². The number of carbonyl (C=O) groups is 2. The molecular weight excluding hydrogens is 527 g/mol. The number of unbranched alkanes of at least 4 members (excludes halogenated alkanes) is 14. The minimum Gasteiger partial charge on any atom is -0.466 e. The van der Waals surface area contributed by atoms with Crippen LogP contribution < -0.4 is 0 Å². The van der Waals surface area contributed by atoms with Crippen LogP contribution in [0.3, 0.4) is 0 Å². The third-order valence-electron chi connectivity index (χ3n) is 6.83. The van der Waals surface area contributed by atoms with Crippen LogP contribution in [0.25, 0.3) is 0 Å². The van der Waals surface area contributed by atoms with E-state index in [0.29, 0.717) is 12.8 Å². The molecule has 1 atom stereocenters. The van der Waals surface area contributed by atoms with Crippen molar-refractivity contribution in [2.45, 2.75) is 155 Å². The molecule has 227 valence electrons. The van der Waals surface area contributed by atoms with Crippen LogP contribution in [-0.4, -0.2) is 72.9 Å². The Bertz CT molecular complexity index is 695. The van der Waals surface area contributed by atoms with Gasteiger partial charge in [0.25, 0.3) is 10.1 Å². The predicted octanol–water partition coefficient (Wildman–Crippen LogP) is 7.67. The van der Waals surface area contributed by atoms with Gasteiger partial charge in [0, 0.05) is 29.6 Å². The minimum atomic E-state index is -4.76. The van der Waals surface area contributed by atoms with Gasteiger partial charge in [-0.15, -0.1) is 0 Å². The zero-order chi connectivity index (χ0) is 28.7. The van der Waals surface area contributed by atoms with Crippen molar-refractivity contribution in [3.05, 3.63) is 0 Å². The van der Waals surface area contributed by atoms with Gasteiger partial charge >= 0.3 is 11.9 Å². The molecule has 0 fully saturated rings. The molecule has 0 heterocycles. The molecule has 0 aliphatic rings. The van der Waals surface area contributed by atoms with Gasteiger partial charge in [0.05, 0.1) is 19.6 Å². The van der Waals surface area contributed by atoms with E-state index in [1.54, 1.807) is 0 Å². The summed E-state index contributed by atoms with van der Waals surface area (Å²) in [7, 11) is -4.76. The van der Waals surface area contributed by atoms with Crippen molar-refractivity contribution in [3.8, 4) is 0 Å². The molecule has 0 spiro atoms. The molecule has 9 heteroatoms. The summed E-state index contributed by atoms with van der Waals surface area (Å²) in [6.45, 7) is 9.25. The second kappa shape index (κ2) is 26.7. The SMILES string of the molecule is CC(C)CCCCCCCCCCOC(=O)CC(C(=O)OCCCCCCCCCCC(C)C)S(=O)(=O)O.[Na]. The monoisotopic (exact) mass is 585 g/mol. The summed E-state index contributed by atoms with van der Waals surface area (Å²) in [5.41, 5.74) is 0. The maximum Gasteiger partial charge on any atom is 0.327 e. The van der Waals surface area contributed by atoms with Crippen molar-refractivity contribution in [3.63, 3.8) is 0 Å². The van der Waals surface area contributed by atoms with Gasteiger partial charge in [-0.1, -0.05) is 130 Å². The summed E-state index contributed by atoms with van der Waals surface area (Å²) in [6.07, 6.45) is 19.4. The average Bonchev–Trinajstić information content (AvgIpc) is 2.83. The summed E-state index contributed by atoms with van der Waals surface area (Å²) >= 11 is 0. The normalized spacial score (nSPS) is 12.4. The molecule has 39 heavy (non-hydrogen) atoms. The van der Waals surface area contributed by atoms with Gasteiger partial charge in [0.15, 0.2) is 5.25 Å². The predicted molar refractivity (Wildman–Crippen MR) is 160 cm³/mol. The van der Waals surface area contributed by atoms with Gasteiger partial charge in [-0.2, -0.15) is 8.42 Å². The molecule has 7 nitrogen and oxygen atoms in total. The van der Waals surface area contributed by atoms with Gasteiger partial charge in [-0.3, -0.25) is 14.1 Å². The fourth-order valence-corrected chi connectivity index (χ4v) is 5.06. The number of hydrogen-bond acceptors (Lipinski definition) is 6. The van der Waals surface area contributed by atoms with Crippen molar-refractivity contribution < 1.29 is 32.0 Å². The number of hydrogen-bond donors (Lipinski definition) is 1. The molecule has 0 saturated carbocycles. The number of rotatable bonds is 26. The second-order valence-corrected chi connectivity index (χ2v) is 13.2. The van der Waals surface area contributed by atoms with E-state index in [0.717, 1.165) is 50.4 Å². The fourth-order valence-electron chi connectivity index (χ4n) is 4.40. The molecule has 0 amide bonds. The van der Waals surface area contributed by atoms with E-state index in [1.165, 1.54) is 64.2 Å². The first-order chi connectivity index (χ1) is 18.0. The Morgan fingerprint density at radius 2 is 0.923 bits per heavy atom. The standard InChI is InChI=1S/C30H58O7S.Na/c1-26(2)21-17-13-9-5-7-11-15-19-23-36-29(31)25-28(38(33,34)35)30(32)37-24-20-16-12-8-6-10-14-18-22-27(3)4;/h26-28H,5-25H2,1-4H3,(H,33,34,35);. The van der Waals surface area contributed by atoms with Crippen molar-refractivity contribution in [1.29, 1.82) is 0 Å². The largest absolute Gasteiger partial charge is 0.466 e. The summed E-state index contributed by atoms with van der Waals surface area (Å²) in [5.74, 6) is -0.372. The van der Waals surface area contributed by atoms with E-state index in [4.69, 9.17) is 9.47 Å². The molecule has 0 aliphatic carbocycles. The third kappa shape index (κ3) is 27.8. The van der Waals surface area contributed by atoms with Gasteiger partial charge in [0.2, 0.25) is 0 Å². The van der Waals surface area contributed by atoms with Gasteiger partial charge in [0.1, 0.15) is 0 Å². The Hall–Kier alpha value is -0.150. The van der Waals surface area contributed by atoms with Crippen molar-refractivity contribution >= 4 is 51.6 Å². The van der Waals surface area contributed by atoms with Crippen LogP contribution in [0.15, 0.2) is 0 Å². The Kier molecular flexibility index (Phi) is 28.1. The molecule has 0 aromatic carbocycles. The molecule has 1 unspecified atom stereocenters. The quantitative estimate of drug-likeness (QED) is 0.0480. The third-order valence-corrected chi connectivity index (χ3v) is 7.91. The smallest absolute Gasteiger partial charge is 0.327 e. The Labute approximate surface area is 262 Å². The van der Waals surface area contributed by atoms with Crippen molar-refractivity contribution in [2.75, 3.05) is 13.2 Å². The van der Waals surface area contributed by atoms with Crippen LogP contribution >= 0.6 is 0 Å². The van der Waals surface area contributed by atoms with Crippen LogP contribution in [0.2, 0.25) is 0 Å². The average molecular weight is 586 g/mol. The first-order valence-electron chi connectivity index (χ1n) is 15.3. The van der Waals surface area contributed by atoms with Gasteiger partial charge in [-0.05, 0) is 24.7 Å². The molecule has 0 rings (SSSR count). The number of esters is 2. The summed E-state index contributed by atoms with van der Waals surface area (Å²) in [4.78, 5) is 24.3. The van der Waals surface area contributed by atoms with Crippen LogP contribution in [0.1, 0.15) is 150 Å². The summed E-state index contributed by atoms with van der Waals surface area (Å²) in [5, 5.41) is -1.93. The second-order valence-electron chi connectivity index (χ2n) is 11.6. The van der Waals surface area contributed by atoms with E-state index < -0.39 is 33.7 Å². The maximum absolute atomic E-state index is 12.2. The van der Waals surface area contributed by atoms with Gasteiger partial charge < -0.3 is 9.47 Å². The van der Waals surface area contributed by atoms with E-state index in [9.17, 15) is 22.6 Å². The van der Waals surface area contributed by atoms with Crippen LogP contribution in [-0.2, 0) is 29.2 Å². The zero-order valence-corrected chi connectivity index (χ0v) is 28.7. The summed E-state index contributed by atoms with van der Waals surface area (Å²) in [6, 6.07) is 0. The van der Waals surface area contributed by atoms with Crippen molar-refractivity contribution in [1.82, 2.24) is 0 Å². The van der Waals surface area contributed by atoms with Crippen LogP contribution in [0.5, 0.6) is 0 Å². The molecular formula is C30H58NaO7S. The summed E-state index contributed by atoms with van der Waals surface area (Å²) < 4.78 is 42.9. The zero-order valence-electron chi connectivity index (χ0n) is 25.9. The Morgan fingerprint density at radius 3 is 1.28 bits per heavy atom. The Morgan fingerprint density at radius 1 is 0.590 bits per heavy atom. The topological polar surface area (TPSA) is 107 Å². The molecule has 0 aliphatic heterocycles. The molecule has 0 aromatic rings. The number of ether oxygens (including phenoxy) is 2. The first kappa shape index (κ1) is 41.0. The van der Waals surface area contributed by atoms with Crippen molar-refractivity contribution in [2.24, 2.45) is 11.8 Å². The van der Waals surface area contributed by atoms with Crippen LogP contribution in [0.4, 0.5) is 0 Å². The Balaban J connectivity index is 0. The fraction of sp³-hybridized carbons (Fsp3) is 0.933. The molecule has 0 bridgehead atoms. The van der Waals surface area contributed by atoms with Crippen LogP contribution in [0, 0.1) is 11.8 Å². The van der Waals surface area contributed by atoms with E-state index in [-0.39, 0.29) is 42.8 Å².